The maximum Gasteiger partial charge on any atom is 0.257 e. The highest BCUT2D eigenvalue weighted by Gasteiger charge is 2.16. The van der Waals surface area contributed by atoms with Gasteiger partial charge in [-0.1, -0.05) is 39.0 Å². The zero-order valence-electron chi connectivity index (χ0n) is 19.1. The molecule has 3 rings (SSSR count). The number of methoxy groups -OCH3 is 1. The number of ether oxygens (including phenoxy) is 1. The van der Waals surface area contributed by atoms with Crippen LogP contribution in [-0.2, 0) is 11.8 Å². The minimum absolute atomic E-state index is 0.0136. The number of benzene rings is 2. The van der Waals surface area contributed by atoms with E-state index in [-0.39, 0.29) is 28.6 Å². The maximum absolute atomic E-state index is 12.5. The van der Waals surface area contributed by atoms with Crippen LogP contribution in [0, 0.1) is 0 Å². The molecule has 3 aromatic rings. The van der Waals surface area contributed by atoms with Gasteiger partial charge in [-0.05, 0) is 53.5 Å². The Hall–Kier alpha value is -3.58. The van der Waals surface area contributed by atoms with Gasteiger partial charge in [0, 0.05) is 47.3 Å². The van der Waals surface area contributed by atoms with Crippen LogP contribution in [0.1, 0.15) is 52.6 Å². The number of ketones is 1. The first kappa shape index (κ1) is 24.1. The molecule has 2 N–H and O–H groups in total. The SMILES string of the molecule is COc1cc(NC(=S)NC(=O)c2ccc(C(C)(C)C)cc2)ccc1CC(=O)c1cccnc1. The Labute approximate surface area is 199 Å². The summed E-state index contributed by atoms with van der Waals surface area (Å²) in [4.78, 5) is 29.0. The topological polar surface area (TPSA) is 80.3 Å². The number of carbonyl (C=O) groups is 2. The lowest BCUT2D eigenvalue weighted by Crippen LogP contribution is -2.34. The van der Waals surface area contributed by atoms with Crippen LogP contribution in [0.2, 0.25) is 0 Å². The highest BCUT2D eigenvalue weighted by atomic mass is 32.1. The van der Waals surface area contributed by atoms with Crippen LogP contribution in [-0.4, -0.2) is 28.9 Å². The van der Waals surface area contributed by atoms with Crippen molar-refractivity contribution >= 4 is 34.7 Å². The first-order valence-electron chi connectivity index (χ1n) is 10.5. The number of amides is 1. The number of Topliss-reactive ketones (excluding diaryl/α,β-unsaturated/α-hetero) is 1. The van der Waals surface area contributed by atoms with Gasteiger partial charge in [0.15, 0.2) is 10.9 Å². The molecule has 0 atom stereocenters. The van der Waals surface area contributed by atoms with E-state index in [2.05, 4.69) is 36.4 Å². The highest BCUT2D eigenvalue weighted by Crippen LogP contribution is 2.25. The second kappa shape index (κ2) is 10.4. The van der Waals surface area contributed by atoms with E-state index in [0.29, 0.717) is 22.6 Å². The van der Waals surface area contributed by atoms with E-state index in [4.69, 9.17) is 17.0 Å². The van der Waals surface area contributed by atoms with Crippen LogP contribution in [0.5, 0.6) is 5.75 Å². The van der Waals surface area contributed by atoms with E-state index in [9.17, 15) is 9.59 Å². The fourth-order valence-electron chi connectivity index (χ4n) is 3.23. The van der Waals surface area contributed by atoms with E-state index in [1.54, 1.807) is 62.0 Å². The summed E-state index contributed by atoms with van der Waals surface area (Å²) < 4.78 is 5.45. The zero-order valence-corrected chi connectivity index (χ0v) is 20.0. The minimum Gasteiger partial charge on any atom is -0.496 e. The standard InChI is InChI=1S/C26H27N3O3S/c1-26(2,3)20-10-7-17(8-11-20)24(31)29-25(33)28-21-12-9-18(23(15-21)32-4)14-22(30)19-6-5-13-27-16-19/h5-13,15-16H,14H2,1-4H3,(H2,28,29,31,33). The molecular formula is C26H27N3O3S. The summed E-state index contributed by atoms with van der Waals surface area (Å²) >= 11 is 5.30. The highest BCUT2D eigenvalue weighted by molar-refractivity contribution is 7.80. The molecule has 0 aliphatic heterocycles. The fourth-order valence-corrected chi connectivity index (χ4v) is 3.44. The lowest BCUT2D eigenvalue weighted by atomic mass is 9.87. The Kier molecular flexibility index (Phi) is 7.55. The molecule has 0 aliphatic rings. The third-order valence-electron chi connectivity index (χ3n) is 5.12. The van der Waals surface area contributed by atoms with Crippen LogP contribution in [0.25, 0.3) is 0 Å². The second-order valence-corrected chi connectivity index (χ2v) is 9.01. The largest absolute Gasteiger partial charge is 0.496 e. The molecular weight excluding hydrogens is 434 g/mol. The Morgan fingerprint density at radius 2 is 1.76 bits per heavy atom. The van der Waals surface area contributed by atoms with E-state index >= 15 is 0 Å². The van der Waals surface area contributed by atoms with Gasteiger partial charge in [-0.25, -0.2) is 0 Å². The second-order valence-electron chi connectivity index (χ2n) is 8.60. The van der Waals surface area contributed by atoms with Crippen LogP contribution < -0.4 is 15.4 Å². The average Bonchev–Trinajstić information content (AvgIpc) is 2.80. The Morgan fingerprint density at radius 1 is 1.03 bits per heavy atom. The molecule has 7 heteroatoms. The van der Waals surface area contributed by atoms with Crippen LogP contribution in [0.4, 0.5) is 5.69 Å². The van der Waals surface area contributed by atoms with Crippen molar-refractivity contribution < 1.29 is 14.3 Å². The van der Waals surface area contributed by atoms with Gasteiger partial charge in [-0.15, -0.1) is 0 Å². The van der Waals surface area contributed by atoms with Crippen molar-refractivity contribution in [1.29, 1.82) is 0 Å². The molecule has 2 aromatic carbocycles. The smallest absolute Gasteiger partial charge is 0.257 e. The molecule has 1 heterocycles. The number of nitrogens with zero attached hydrogens (tertiary/aromatic N) is 1. The van der Waals surface area contributed by atoms with Gasteiger partial charge in [0.25, 0.3) is 5.91 Å². The lowest BCUT2D eigenvalue weighted by Gasteiger charge is -2.19. The number of hydrogen-bond acceptors (Lipinski definition) is 5. The first-order valence-corrected chi connectivity index (χ1v) is 10.9. The van der Waals surface area contributed by atoms with E-state index in [0.717, 1.165) is 11.1 Å². The number of hydrogen-bond donors (Lipinski definition) is 2. The van der Waals surface area contributed by atoms with Crippen LogP contribution >= 0.6 is 12.2 Å². The zero-order chi connectivity index (χ0) is 24.0. The van der Waals surface area contributed by atoms with Crippen LogP contribution in [0.15, 0.2) is 67.0 Å². The van der Waals surface area contributed by atoms with Gasteiger partial charge in [-0.2, -0.15) is 0 Å². The van der Waals surface area contributed by atoms with Gasteiger partial charge in [0.05, 0.1) is 7.11 Å². The third-order valence-corrected chi connectivity index (χ3v) is 5.32. The number of carbonyl (C=O) groups excluding carboxylic acids is 2. The van der Waals surface area contributed by atoms with Crippen molar-refractivity contribution in [2.24, 2.45) is 0 Å². The molecule has 1 aromatic heterocycles. The summed E-state index contributed by atoms with van der Waals surface area (Å²) in [5, 5.41) is 5.85. The summed E-state index contributed by atoms with van der Waals surface area (Å²) in [6.07, 6.45) is 3.35. The van der Waals surface area contributed by atoms with E-state index in [1.165, 1.54) is 0 Å². The quantitative estimate of drug-likeness (QED) is 0.400. The Bertz CT molecular complexity index is 1150. The number of rotatable bonds is 6. The number of thiocarbonyl (C=S) groups is 1. The Morgan fingerprint density at radius 3 is 2.36 bits per heavy atom. The molecule has 6 nitrogen and oxygen atoms in total. The number of nitrogens with one attached hydrogen (secondary N) is 2. The molecule has 0 unspecified atom stereocenters. The van der Waals surface area contributed by atoms with Gasteiger partial charge < -0.3 is 10.1 Å². The molecule has 0 fully saturated rings. The molecule has 170 valence electrons. The maximum atomic E-state index is 12.5. The van der Waals surface area contributed by atoms with Crippen molar-refractivity contribution in [3.05, 3.63) is 89.2 Å². The first-order chi connectivity index (χ1) is 15.7. The number of anilines is 1. The van der Waals surface area contributed by atoms with Gasteiger partial charge >= 0.3 is 0 Å². The summed E-state index contributed by atoms with van der Waals surface area (Å²) in [6, 6.07) is 16.2. The van der Waals surface area contributed by atoms with Crippen molar-refractivity contribution in [3.63, 3.8) is 0 Å². The Balaban J connectivity index is 1.63. The van der Waals surface area contributed by atoms with Crippen LogP contribution in [0.3, 0.4) is 0 Å². The summed E-state index contributed by atoms with van der Waals surface area (Å²) in [6.45, 7) is 6.36. The van der Waals surface area contributed by atoms with Crippen molar-refractivity contribution in [2.45, 2.75) is 32.6 Å². The normalized spacial score (nSPS) is 10.9. The molecule has 0 bridgehead atoms. The van der Waals surface area contributed by atoms with Gasteiger partial charge in [-0.3, -0.25) is 19.9 Å². The predicted octanol–water partition coefficient (Wildman–Crippen LogP) is 4.94. The third kappa shape index (κ3) is 6.46. The number of pyridine rings is 1. The minimum atomic E-state index is -0.293. The molecule has 0 aliphatic carbocycles. The average molecular weight is 462 g/mol. The molecule has 0 saturated heterocycles. The van der Waals surface area contributed by atoms with E-state index in [1.807, 2.05) is 12.1 Å². The van der Waals surface area contributed by atoms with Crippen molar-refractivity contribution in [3.8, 4) is 5.75 Å². The molecule has 0 spiro atoms. The summed E-state index contributed by atoms with van der Waals surface area (Å²) in [5.74, 6) is 0.199. The summed E-state index contributed by atoms with van der Waals surface area (Å²) in [7, 11) is 1.54. The van der Waals surface area contributed by atoms with Gasteiger partial charge in [0.1, 0.15) is 5.75 Å². The lowest BCUT2D eigenvalue weighted by molar-refractivity contribution is 0.0974. The molecule has 0 saturated carbocycles. The van der Waals surface area contributed by atoms with E-state index < -0.39 is 0 Å². The van der Waals surface area contributed by atoms with Gasteiger partial charge in [0.2, 0.25) is 0 Å². The summed E-state index contributed by atoms with van der Waals surface area (Å²) in [5.41, 5.74) is 3.60. The molecule has 1 amide bonds. The van der Waals surface area contributed by atoms with Crippen molar-refractivity contribution in [2.75, 3.05) is 12.4 Å². The van der Waals surface area contributed by atoms with Crippen molar-refractivity contribution in [1.82, 2.24) is 10.3 Å². The molecule has 0 radical (unpaired) electrons. The number of aromatic nitrogens is 1. The molecule has 33 heavy (non-hydrogen) atoms. The monoisotopic (exact) mass is 461 g/mol. The fraction of sp³-hybridized carbons (Fsp3) is 0.231. The predicted molar refractivity (Wildman–Crippen MR) is 134 cm³/mol.